The summed E-state index contributed by atoms with van der Waals surface area (Å²) in [5.41, 5.74) is -0.143. The maximum absolute atomic E-state index is 12.9. The van der Waals surface area contributed by atoms with E-state index in [0.29, 0.717) is 24.6 Å². The number of hydrogen-bond donors (Lipinski definition) is 1. The molecule has 0 radical (unpaired) electrons. The number of aromatic amines is 1. The molecule has 1 spiro atoms. The number of aromatic nitrogens is 5. The predicted molar refractivity (Wildman–Crippen MR) is 107 cm³/mol. The highest BCUT2D eigenvalue weighted by Gasteiger charge is 2.48. The number of likely N-dealkylation sites (tertiary alicyclic amines) is 2. The first kappa shape index (κ1) is 21.1. The van der Waals surface area contributed by atoms with Crippen LogP contribution in [0.5, 0.6) is 0 Å². The molecule has 2 saturated heterocycles. The Hall–Kier alpha value is -2.72. The Morgan fingerprint density at radius 2 is 1.88 bits per heavy atom. The van der Waals surface area contributed by atoms with Crippen LogP contribution in [0.4, 0.5) is 18.0 Å². The van der Waals surface area contributed by atoms with Crippen LogP contribution in [0.25, 0.3) is 0 Å². The minimum Gasteiger partial charge on any atom is -0.324 e. The number of H-pyrrole nitrogens is 1. The zero-order valence-electron chi connectivity index (χ0n) is 17.7. The topological polar surface area (TPSA) is 90.9 Å². The summed E-state index contributed by atoms with van der Waals surface area (Å²) in [6, 6.07) is 0.111. The molecule has 2 amide bonds. The normalized spacial score (nSPS) is 23.5. The highest BCUT2D eigenvalue weighted by Crippen LogP contribution is 2.46. The summed E-state index contributed by atoms with van der Waals surface area (Å²) in [5, 5.41) is 6.80. The van der Waals surface area contributed by atoms with Gasteiger partial charge < -0.3 is 9.80 Å². The molecule has 2 aliphatic heterocycles. The number of amides is 2. The van der Waals surface area contributed by atoms with Crippen LogP contribution in [0, 0.1) is 11.3 Å². The third-order valence-corrected chi connectivity index (χ3v) is 7.26. The molecule has 3 aliphatic rings. The fourth-order valence-corrected chi connectivity index (χ4v) is 5.38. The zero-order valence-corrected chi connectivity index (χ0v) is 17.7. The van der Waals surface area contributed by atoms with Crippen molar-refractivity contribution in [1.29, 1.82) is 0 Å². The van der Waals surface area contributed by atoms with Gasteiger partial charge in [0.1, 0.15) is 12.2 Å². The molecule has 1 atom stereocenters. The first-order valence-electron chi connectivity index (χ1n) is 11.1. The lowest BCUT2D eigenvalue weighted by molar-refractivity contribution is -0.141. The molecule has 0 bridgehead atoms. The van der Waals surface area contributed by atoms with Crippen LogP contribution >= 0.6 is 0 Å². The van der Waals surface area contributed by atoms with E-state index in [1.807, 2.05) is 9.80 Å². The van der Waals surface area contributed by atoms with Gasteiger partial charge in [0, 0.05) is 43.7 Å². The molecule has 1 N–H and O–H groups in total. The minimum absolute atomic E-state index is 0.111. The molecule has 1 aliphatic carbocycles. The highest BCUT2D eigenvalue weighted by molar-refractivity contribution is 5.76. The molecule has 5 rings (SSSR count). The van der Waals surface area contributed by atoms with Gasteiger partial charge in [0.05, 0.1) is 11.9 Å². The maximum Gasteiger partial charge on any atom is 0.434 e. The third-order valence-electron chi connectivity index (χ3n) is 7.26. The van der Waals surface area contributed by atoms with Gasteiger partial charge in [-0.1, -0.05) is 0 Å². The molecule has 1 saturated carbocycles. The lowest BCUT2D eigenvalue weighted by Gasteiger charge is -2.54. The fourth-order valence-electron chi connectivity index (χ4n) is 5.38. The second-order valence-corrected chi connectivity index (χ2v) is 9.48. The van der Waals surface area contributed by atoms with Crippen LogP contribution in [0.15, 0.2) is 18.7 Å². The van der Waals surface area contributed by atoms with Crippen molar-refractivity contribution in [1.82, 2.24) is 34.9 Å². The molecule has 3 fully saturated rings. The second kappa shape index (κ2) is 8.00. The standard InChI is InChI=1S/C21H26F3N7O/c22-21(23,24)17-9-25-16(8-26-17)7-14-1-4-20(5-2-14)11-31(12-20)19(32)30-6-3-15(10-30)18-27-13-28-29-18/h8-9,13-15H,1-7,10-12H2,(H,27,28,29)/t15-/m0/s1. The van der Waals surface area contributed by atoms with E-state index in [1.165, 1.54) is 12.5 Å². The van der Waals surface area contributed by atoms with Crippen molar-refractivity contribution >= 4 is 6.03 Å². The smallest absolute Gasteiger partial charge is 0.324 e. The van der Waals surface area contributed by atoms with Crippen LogP contribution in [0.1, 0.15) is 55.2 Å². The van der Waals surface area contributed by atoms with E-state index in [1.54, 1.807) is 0 Å². The molecule has 2 aromatic heterocycles. The van der Waals surface area contributed by atoms with Crippen molar-refractivity contribution in [3.8, 4) is 0 Å². The van der Waals surface area contributed by atoms with Crippen molar-refractivity contribution in [3.63, 3.8) is 0 Å². The molecular formula is C21H26F3N7O. The van der Waals surface area contributed by atoms with Crippen LogP contribution in [-0.4, -0.2) is 67.2 Å². The number of carbonyl (C=O) groups excluding carboxylic acids is 1. The summed E-state index contributed by atoms with van der Waals surface area (Å²) in [6.07, 6.45) is 4.74. The van der Waals surface area contributed by atoms with Crippen molar-refractivity contribution in [2.24, 2.45) is 11.3 Å². The van der Waals surface area contributed by atoms with Gasteiger partial charge in [0.25, 0.3) is 0 Å². The highest BCUT2D eigenvalue weighted by atomic mass is 19.4. The Morgan fingerprint density at radius 3 is 2.50 bits per heavy atom. The SMILES string of the molecule is O=C(N1CC[C@H](c2ncn[nH]2)C1)N1CC2(CCC(Cc3cnc(C(F)(F)F)cn3)CC2)C1. The van der Waals surface area contributed by atoms with Gasteiger partial charge in [0.15, 0.2) is 5.69 Å². The van der Waals surface area contributed by atoms with E-state index in [9.17, 15) is 18.0 Å². The molecule has 32 heavy (non-hydrogen) atoms. The molecule has 11 heteroatoms. The number of carbonyl (C=O) groups is 1. The van der Waals surface area contributed by atoms with E-state index in [0.717, 1.165) is 63.8 Å². The van der Waals surface area contributed by atoms with Gasteiger partial charge in [-0.3, -0.25) is 10.1 Å². The summed E-state index contributed by atoms with van der Waals surface area (Å²) in [4.78, 5) is 28.4. The van der Waals surface area contributed by atoms with Gasteiger partial charge in [0.2, 0.25) is 0 Å². The second-order valence-electron chi connectivity index (χ2n) is 9.48. The van der Waals surface area contributed by atoms with Gasteiger partial charge in [-0.15, -0.1) is 0 Å². The summed E-state index contributed by atoms with van der Waals surface area (Å²) in [7, 11) is 0. The minimum atomic E-state index is -4.46. The quantitative estimate of drug-likeness (QED) is 0.777. The Balaban J connectivity index is 1.08. The maximum atomic E-state index is 12.9. The lowest BCUT2D eigenvalue weighted by Crippen LogP contribution is -2.62. The van der Waals surface area contributed by atoms with Crippen molar-refractivity contribution in [3.05, 3.63) is 35.9 Å². The van der Waals surface area contributed by atoms with Gasteiger partial charge in [-0.05, 0) is 44.4 Å². The van der Waals surface area contributed by atoms with E-state index in [4.69, 9.17) is 0 Å². The number of nitrogens with zero attached hydrogens (tertiary/aromatic N) is 6. The Kier molecular flexibility index (Phi) is 5.29. The Morgan fingerprint density at radius 1 is 1.09 bits per heavy atom. The van der Waals surface area contributed by atoms with Gasteiger partial charge in [-0.2, -0.15) is 18.3 Å². The average molecular weight is 449 g/mol. The summed E-state index contributed by atoms with van der Waals surface area (Å²) in [5.74, 6) is 1.47. The fraction of sp³-hybridized carbons (Fsp3) is 0.667. The van der Waals surface area contributed by atoms with Gasteiger partial charge >= 0.3 is 12.2 Å². The van der Waals surface area contributed by atoms with Crippen LogP contribution in [0.3, 0.4) is 0 Å². The molecule has 0 unspecified atom stereocenters. The summed E-state index contributed by atoms with van der Waals surface area (Å²) < 4.78 is 37.9. The number of halogens is 3. The van der Waals surface area contributed by atoms with E-state index >= 15 is 0 Å². The number of nitrogens with one attached hydrogen (secondary N) is 1. The summed E-state index contributed by atoms with van der Waals surface area (Å²) >= 11 is 0. The van der Waals surface area contributed by atoms with E-state index in [-0.39, 0.29) is 17.4 Å². The van der Waals surface area contributed by atoms with Crippen LogP contribution in [0.2, 0.25) is 0 Å². The van der Waals surface area contributed by atoms with Crippen molar-refractivity contribution in [2.75, 3.05) is 26.2 Å². The Bertz CT molecular complexity index is 931. The predicted octanol–water partition coefficient (Wildman–Crippen LogP) is 3.26. The van der Waals surface area contributed by atoms with E-state index < -0.39 is 11.9 Å². The van der Waals surface area contributed by atoms with Crippen molar-refractivity contribution in [2.45, 2.75) is 50.6 Å². The van der Waals surface area contributed by atoms with Gasteiger partial charge in [-0.25, -0.2) is 14.8 Å². The first-order chi connectivity index (χ1) is 15.3. The summed E-state index contributed by atoms with van der Waals surface area (Å²) in [6.45, 7) is 3.00. The molecule has 0 aromatic carbocycles. The molecular weight excluding hydrogens is 423 g/mol. The molecule has 172 valence electrons. The van der Waals surface area contributed by atoms with Crippen LogP contribution < -0.4 is 0 Å². The zero-order chi connectivity index (χ0) is 22.3. The Labute approximate surface area is 183 Å². The number of hydrogen-bond acceptors (Lipinski definition) is 5. The molecule has 4 heterocycles. The van der Waals surface area contributed by atoms with E-state index in [2.05, 4.69) is 25.1 Å². The van der Waals surface area contributed by atoms with Crippen LogP contribution in [-0.2, 0) is 12.6 Å². The number of urea groups is 1. The average Bonchev–Trinajstić information content (AvgIpc) is 3.44. The molecule has 2 aromatic rings. The molecule has 8 nitrogen and oxygen atoms in total. The first-order valence-corrected chi connectivity index (χ1v) is 11.1. The largest absolute Gasteiger partial charge is 0.434 e. The third kappa shape index (κ3) is 4.16. The number of alkyl halides is 3. The van der Waals surface area contributed by atoms with Crippen molar-refractivity contribution < 1.29 is 18.0 Å². The monoisotopic (exact) mass is 449 g/mol. The lowest BCUT2D eigenvalue weighted by atomic mass is 9.65. The number of rotatable bonds is 3.